The van der Waals surface area contributed by atoms with Crippen molar-refractivity contribution in [3.05, 3.63) is 48.2 Å². The van der Waals surface area contributed by atoms with Crippen LogP contribution in [0.4, 0.5) is 5.82 Å². The van der Waals surface area contributed by atoms with Gasteiger partial charge in [0, 0.05) is 12.0 Å². The van der Waals surface area contributed by atoms with Gasteiger partial charge in [-0.1, -0.05) is 30.3 Å². The summed E-state index contributed by atoms with van der Waals surface area (Å²) in [6.07, 6.45) is 2.56. The van der Waals surface area contributed by atoms with Crippen molar-refractivity contribution in [3.63, 3.8) is 0 Å². The Morgan fingerprint density at radius 2 is 2.12 bits per heavy atom. The number of hydrogen-bond acceptors (Lipinski definition) is 2. The molecule has 0 aliphatic heterocycles. The van der Waals surface area contributed by atoms with Crippen molar-refractivity contribution in [3.8, 4) is 0 Å². The highest BCUT2D eigenvalue weighted by Gasteiger charge is 2.43. The molecule has 1 fully saturated rings. The lowest BCUT2D eigenvalue weighted by Gasteiger charge is -2.01. The first-order chi connectivity index (χ1) is 8.34. The third-order valence-corrected chi connectivity index (χ3v) is 3.11. The van der Waals surface area contributed by atoms with Crippen molar-refractivity contribution in [1.82, 2.24) is 10.2 Å². The lowest BCUT2D eigenvalue weighted by Crippen LogP contribution is -2.14. The normalized spacial score (nSPS) is 22.1. The van der Waals surface area contributed by atoms with E-state index in [4.69, 9.17) is 0 Å². The van der Waals surface area contributed by atoms with Gasteiger partial charge in [-0.25, -0.2) is 0 Å². The van der Waals surface area contributed by atoms with E-state index >= 15 is 0 Å². The van der Waals surface area contributed by atoms with E-state index in [2.05, 4.69) is 27.6 Å². The van der Waals surface area contributed by atoms with Gasteiger partial charge in [-0.3, -0.25) is 9.89 Å². The molecular formula is C13H13N3O. The van der Waals surface area contributed by atoms with Crippen LogP contribution in [0, 0.1) is 5.92 Å². The molecule has 3 rings (SSSR count). The minimum atomic E-state index is 0.0723. The summed E-state index contributed by atoms with van der Waals surface area (Å²) in [5.41, 5.74) is 1.25. The number of H-pyrrole nitrogens is 1. The molecule has 1 aromatic heterocycles. The van der Waals surface area contributed by atoms with Gasteiger partial charge in [0.25, 0.3) is 0 Å². The summed E-state index contributed by atoms with van der Waals surface area (Å²) >= 11 is 0. The number of nitrogens with one attached hydrogen (secondary N) is 2. The summed E-state index contributed by atoms with van der Waals surface area (Å²) in [5.74, 6) is 1.21. The molecule has 4 nitrogen and oxygen atoms in total. The molecule has 0 spiro atoms. The third kappa shape index (κ3) is 2.06. The molecule has 2 atom stereocenters. The Morgan fingerprint density at radius 1 is 1.29 bits per heavy atom. The van der Waals surface area contributed by atoms with Gasteiger partial charge in [-0.2, -0.15) is 5.10 Å². The third-order valence-electron chi connectivity index (χ3n) is 3.11. The van der Waals surface area contributed by atoms with Crippen LogP contribution in [0.15, 0.2) is 42.6 Å². The smallest absolute Gasteiger partial charge is 0.229 e. The Labute approximate surface area is 99.1 Å². The van der Waals surface area contributed by atoms with Crippen LogP contribution in [0.2, 0.25) is 0 Å². The zero-order valence-corrected chi connectivity index (χ0v) is 9.26. The van der Waals surface area contributed by atoms with Gasteiger partial charge in [0.1, 0.15) is 5.82 Å². The van der Waals surface area contributed by atoms with Crippen LogP contribution in [-0.4, -0.2) is 16.1 Å². The van der Waals surface area contributed by atoms with E-state index in [-0.39, 0.29) is 11.8 Å². The Kier molecular flexibility index (Phi) is 2.40. The zero-order chi connectivity index (χ0) is 11.7. The van der Waals surface area contributed by atoms with Crippen LogP contribution in [0.25, 0.3) is 0 Å². The highest BCUT2D eigenvalue weighted by atomic mass is 16.2. The molecule has 0 bridgehead atoms. The van der Waals surface area contributed by atoms with E-state index in [0.29, 0.717) is 11.7 Å². The van der Waals surface area contributed by atoms with Crippen LogP contribution in [-0.2, 0) is 4.79 Å². The number of anilines is 1. The molecule has 2 aromatic rings. The van der Waals surface area contributed by atoms with Gasteiger partial charge in [0.05, 0.1) is 6.20 Å². The number of rotatable bonds is 3. The van der Waals surface area contributed by atoms with E-state index in [1.165, 1.54) is 5.56 Å². The monoisotopic (exact) mass is 227 g/mol. The average Bonchev–Trinajstić information content (AvgIpc) is 3.02. The van der Waals surface area contributed by atoms with Crippen molar-refractivity contribution in [2.24, 2.45) is 5.92 Å². The van der Waals surface area contributed by atoms with Crippen LogP contribution in [0.1, 0.15) is 17.9 Å². The molecule has 86 valence electrons. The SMILES string of the molecule is O=C(Nc1ccn[nH]1)[C@@H]1C[C@@H]1c1ccccc1. The summed E-state index contributed by atoms with van der Waals surface area (Å²) in [6.45, 7) is 0. The number of aromatic nitrogens is 2. The maximum atomic E-state index is 11.9. The second-order valence-corrected chi connectivity index (χ2v) is 4.32. The van der Waals surface area contributed by atoms with E-state index in [1.54, 1.807) is 12.3 Å². The summed E-state index contributed by atoms with van der Waals surface area (Å²) in [4.78, 5) is 11.9. The fourth-order valence-electron chi connectivity index (χ4n) is 2.10. The van der Waals surface area contributed by atoms with Crippen molar-refractivity contribution >= 4 is 11.7 Å². The Bertz CT molecular complexity index is 507. The van der Waals surface area contributed by atoms with Gasteiger partial charge >= 0.3 is 0 Å². The summed E-state index contributed by atoms with van der Waals surface area (Å²) in [5, 5.41) is 9.34. The van der Waals surface area contributed by atoms with Gasteiger partial charge in [0.15, 0.2) is 0 Å². The summed E-state index contributed by atoms with van der Waals surface area (Å²) in [7, 11) is 0. The maximum absolute atomic E-state index is 11.9. The fraction of sp³-hybridized carbons (Fsp3) is 0.231. The Hall–Kier alpha value is -2.10. The number of hydrogen-bond donors (Lipinski definition) is 2. The van der Waals surface area contributed by atoms with Crippen LogP contribution < -0.4 is 5.32 Å². The molecule has 1 aliphatic rings. The van der Waals surface area contributed by atoms with Crippen LogP contribution in [0.3, 0.4) is 0 Å². The minimum Gasteiger partial charge on any atom is -0.311 e. The summed E-state index contributed by atoms with van der Waals surface area (Å²) in [6, 6.07) is 11.9. The van der Waals surface area contributed by atoms with Gasteiger partial charge in [-0.15, -0.1) is 0 Å². The highest BCUT2D eigenvalue weighted by Crippen LogP contribution is 2.47. The number of amides is 1. The van der Waals surface area contributed by atoms with E-state index < -0.39 is 0 Å². The van der Waals surface area contributed by atoms with Gasteiger partial charge < -0.3 is 5.32 Å². The lowest BCUT2D eigenvalue weighted by atomic mass is 10.1. The number of carbonyl (C=O) groups excluding carboxylic acids is 1. The molecule has 1 saturated carbocycles. The topological polar surface area (TPSA) is 57.8 Å². The number of carbonyl (C=O) groups is 1. The number of aromatic amines is 1. The number of benzene rings is 1. The van der Waals surface area contributed by atoms with Gasteiger partial charge in [-0.05, 0) is 17.9 Å². The summed E-state index contributed by atoms with van der Waals surface area (Å²) < 4.78 is 0. The predicted molar refractivity (Wildman–Crippen MR) is 64.5 cm³/mol. The first-order valence-electron chi connectivity index (χ1n) is 5.70. The molecule has 1 amide bonds. The van der Waals surface area contributed by atoms with Crippen LogP contribution >= 0.6 is 0 Å². The largest absolute Gasteiger partial charge is 0.311 e. The molecule has 4 heteroatoms. The standard InChI is InChI=1S/C13H13N3O/c17-13(15-12-6-7-14-16-12)11-8-10(11)9-4-2-1-3-5-9/h1-7,10-11H,8H2,(H2,14,15,16,17)/t10-,11-/m1/s1. The molecule has 1 heterocycles. The fourth-order valence-corrected chi connectivity index (χ4v) is 2.10. The van der Waals surface area contributed by atoms with E-state index in [1.807, 2.05) is 18.2 Å². The average molecular weight is 227 g/mol. The molecule has 0 saturated heterocycles. The lowest BCUT2D eigenvalue weighted by molar-refractivity contribution is -0.117. The Balaban J connectivity index is 1.63. The Morgan fingerprint density at radius 3 is 2.82 bits per heavy atom. The first-order valence-corrected chi connectivity index (χ1v) is 5.70. The molecule has 0 radical (unpaired) electrons. The predicted octanol–water partition coefficient (Wildman–Crippen LogP) is 2.15. The molecule has 2 N–H and O–H groups in total. The van der Waals surface area contributed by atoms with Crippen molar-refractivity contribution < 1.29 is 4.79 Å². The quantitative estimate of drug-likeness (QED) is 0.844. The van der Waals surface area contributed by atoms with Crippen LogP contribution in [0.5, 0.6) is 0 Å². The van der Waals surface area contributed by atoms with Crippen molar-refractivity contribution in [1.29, 1.82) is 0 Å². The first kappa shape index (κ1) is 10.1. The molecule has 17 heavy (non-hydrogen) atoms. The molecular weight excluding hydrogens is 214 g/mol. The minimum absolute atomic E-state index is 0.0723. The maximum Gasteiger partial charge on any atom is 0.229 e. The number of nitrogens with zero attached hydrogens (tertiary/aromatic N) is 1. The second kappa shape index (κ2) is 4.05. The second-order valence-electron chi connectivity index (χ2n) is 4.32. The zero-order valence-electron chi connectivity index (χ0n) is 9.26. The molecule has 1 aromatic carbocycles. The molecule has 1 aliphatic carbocycles. The van der Waals surface area contributed by atoms with E-state index in [9.17, 15) is 4.79 Å². The van der Waals surface area contributed by atoms with E-state index in [0.717, 1.165) is 6.42 Å². The van der Waals surface area contributed by atoms with Crippen molar-refractivity contribution in [2.75, 3.05) is 5.32 Å². The highest BCUT2D eigenvalue weighted by molar-refractivity contribution is 5.94. The van der Waals surface area contributed by atoms with Crippen molar-refractivity contribution in [2.45, 2.75) is 12.3 Å². The van der Waals surface area contributed by atoms with Gasteiger partial charge in [0.2, 0.25) is 5.91 Å². The molecule has 0 unspecified atom stereocenters.